The minimum absolute atomic E-state index is 0.242. The first kappa shape index (κ1) is 24.7. The van der Waals surface area contributed by atoms with Gasteiger partial charge in [-0.3, -0.25) is 14.9 Å². The number of H-pyrrole nitrogens is 1. The molecule has 0 radical (unpaired) electrons. The Bertz CT molecular complexity index is 1440. The number of hydrogen-bond donors (Lipinski definition) is 3. The molecule has 0 saturated heterocycles. The third kappa shape index (κ3) is 4.95. The van der Waals surface area contributed by atoms with Crippen LogP contribution in [0, 0.1) is 0 Å². The van der Waals surface area contributed by atoms with E-state index in [-0.39, 0.29) is 6.04 Å². The molecule has 0 bridgehead atoms. The molecule has 3 N–H and O–H groups in total. The molecule has 1 unspecified atom stereocenters. The quantitative estimate of drug-likeness (QED) is 0.149. The molecule has 0 spiro atoms. The molecule has 0 saturated carbocycles. The van der Waals surface area contributed by atoms with Crippen molar-refractivity contribution in [2.45, 2.75) is 31.8 Å². The average Bonchev–Trinajstić information content (AvgIpc) is 3.56. The SMILES string of the molecule is Cn1cc(CCN(Cc2[nH]cc(Cl)c2Cl)C2CCc3cc(C=CC(=O)NO)ccc32)c2ccccc21. The van der Waals surface area contributed by atoms with E-state index < -0.39 is 5.91 Å². The van der Waals surface area contributed by atoms with Gasteiger partial charge in [0.05, 0.1) is 10.0 Å². The lowest BCUT2D eigenvalue weighted by Crippen LogP contribution is -2.29. The predicted octanol–water partition coefficient (Wildman–Crippen LogP) is 6.06. The summed E-state index contributed by atoms with van der Waals surface area (Å²) in [6.07, 6.45) is 9.87. The summed E-state index contributed by atoms with van der Waals surface area (Å²) in [7, 11) is 2.09. The van der Waals surface area contributed by atoms with Crippen LogP contribution in [-0.2, 0) is 31.2 Å². The van der Waals surface area contributed by atoms with Crippen LogP contribution in [0.3, 0.4) is 0 Å². The Balaban J connectivity index is 1.42. The number of carbonyl (C=O) groups excluding carboxylic acids is 1. The number of aromatic nitrogens is 2. The number of aromatic amines is 1. The summed E-state index contributed by atoms with van der Waals surface area (Å²) in [6.45, 7) is 1.53. The number of benzene rings is 2. The zero-order chi connectivity index (χ0) is 25.2. The zero-order valence-electron chi connectivity index (χ0n) is 20.0. The van der Waals surface area contributed by atoms with E-state index in [1.54, 1.807) is 17.8 Å². The van der Waals surface area contributed by atoms with E-state index in [9.17, 15) is 4.79 Å². The van der Waals surface area contributed by atoms with Gasteiger partial charge in [0.2, 0.25) is 0 Å². The number of nitrogens with one attached hydrogen (secondary N) is 2. The highest BCUT2D eigenvalue weighted by Crippen LogP contribution is 2.38. The average molecular weight is 523 g/mol. The van der Waals surface area contributed by atoms with Crippen LogP contribution in [0.25, 0.3) is 17.0 Å². The first-order valence-electron chi connectivity index (χ1n) is 12.0. The second-order valence-corrected chi connectivity index (χ2v) is 10.0. The lowest BCUT2D eigenvalue weighted by atomic mass is 10.0. The van der Waals surface area contributed by atoms with Gasteiger partial charge in [0.1, 0.15) is 0 Å². The number of hydrogen-bond acceptors (Lipinski definition) is 3. The number of amides is 1. The van der Waals surface area contributed by atoms with Gasteiger partial charge in [-0.2, -0.15) is 0 Å². The van der Waals surface area contributed by atoms with Crippen molar-refractivity contribution in [3.05, 3.63) is 98.9 Å². The first-order valence-corrected chi connectivity index (χ1v) is 12.7. The molecule has 36 heavy (non-hydrogen) atoms. The van der Waals surface area contributed by atoms with E-state index in [0.717, 1.165) is 37.1 Å². The maximum Gasteiger partial charge on any atom is 0.267 e. The highest BCUT2D eigenvalue weighted by Gasteiger charge is 2.29. The monoisotopic (exact) mass is 522 g/mol. The number of aryl methyl sites for hydroxylation is 2. The van der Waals surface area contributed by atoms with Crippen LogP contribution in [0.5, 0.6) is 0 Å². The van der Waals surface area contributed by atoms with E-state index in [1.165, 1.54) is 33.7 Å². The van der Waals surface area contributed by atoms with E-state index in [4.69, 9.17) is 28.4 Å². The van der Waals surface area contributed by atoms with Crippen LogP contribution in [0.2, 0.25) is 10.0 Å². The number of halogens is 2. The zero-order valence-corrected chi connectivity index (χ0v) is 21.5. The van der Waals surface area contributed by atoms with Gasteiger partial charge in [-0.05, 0) is 53.7 Å². The standard InChI is InChI=1S/C28H28Cl2N4O2/c1-33-16-20(21-4-2-3-5-25(21)33)12-13-34(17-24-28(30)23(29)15-31-24)26-10-8-19-14-18(6-9-22(19)26)7-11-27(35)32-36/h2-7,9,11,14-16,26,31,36H,8,10,12-13,17H2,1H3,(H,32,35). The fraction of sp³-hybridized carbons (Fsp3) is 0.250. The van der Waals surface area contributed by atoms with Gasteiger partial charge in [0.25, 0.3) is 5.91 Å². The van der Waals surface area contributed by atoms with Gasteiger partial charge in [-0.15, -0.1) is 0 Å². The van der Waals surface area contributed by atoms with Crippen molar-refractivity contribution in [1.82, 2.24) is 19.9 Å². The molecule has 2 heterocycles. The maximum absolute atomic E-state index is 11.4. The third-order valence-electron chi connectivity index (χ3n) is 7.05. The van der Waals surface area contributed by atoms with Crippen molar-refractivity contribution >= 4 is 46.1 Å². The fourth-order valence-corrected chi connectivity index (χ4v) is 5.62. The van der Waals surface area contributed by atoms with Gasteiger partial charge in [-0.1, -0.05) is 59.6 Å². The summed E-state index contributed by atoms with van der Waals surface area (Å²) < 4.78 is 2.19. The number of rotatable bonds is 8. The molecule has 2 aromatic heterocycles. The molecule has 1 atom stereocenters. The van der Waals surface area contributed by atoms with Crippen LogP contribution >= 0.6 is 23.2 Å². The summed E-state index contributed by atoms with van der Waals surface area (Å²) in [5.74, 6) is -0.547. The van der Waals surface area contributed by atoms with Crippen molar-refractivity contribution in [2.75, 3.05) is 6.54 Å². The van der Waals surface area contributed by atoms with Crippen molar-refractivity contribution in [1.29, 1.82) is 0 Å². The molecule has 5 rings (SSSR count). The van der Waals surface area contributed by atoms with Crippen molar-refractivity contribution in [2.24, 2.45) is 7.05 Å². The van der Waals surface area contributed by atoms with Crippen molar-refractivity contribution < 1.29 is 10.0 Å². The highest BCUT2D eigenvalue weighted by molar-refractivity contribution is 6.42. The Morgan fingerprint density at radius 2 is 2.11 bits per heavy atom. The van der Waals surface area contributed by atoms with Gasteiger partial charge in [0.15, 0.2) is 0 Å². The molecule has 1 aliphatic carbocycles. The van der Waals surface area contributed by atoms with Crippen LogP contribution < -0.4 is 5.48 Å². The lowest BCUT2D eigenvalue weighted by Gasteiger charge is -2.29. The van der Waals surface area contributed by atoms with Gasteiger partial charge in [0, 0.05) is 61.2 Å². The number of hydroxylamine groups is 1. The van der Waals surface area contributed by atoms with Gasteiger partial charge in [-0.25, -0.2) is 5.48 Å². The van der Waals surface area contributed by atoms with E-state index in [2.05, 4.69) is 64.1 Å². The molecule has 0 fully saturated rings. The van der Waals surface area contributed by atoms with Crippen LogP contribution in [0.4, 0.5) is 0 Å². The Kier molecular flexibility index (Phi) is 7.21. The van der Waals surface area contributed by atoms with E-state index in [1.807, 2.05) is 6.07 Å². The second-order valence-electron chi connectivity index (χ2n) is 9.25. The molecule has 2 aromatic carbocycles. The molecule has 0 aliphatic heterocycles. The van der Waals surface area contributed by atoms with Crippen LogP contribution in [0.1, 0.15) is 40.4 Å². The molecule has 6 nitrogen and oxygen atoms in total. The normalized spacial score (nSPS) is 15.3. The topological polar surface area (TPSA) is 73.3 Å². The third-order valence-corrected chi connectivity index (χ3v) is 7.87. The summed E-state index contributed by atoms with van der Waals surface area (Å²) >= 11 is 12.7. The first-order chi connectivity index (χ1) is 17.4. The Hall–Kier alpha value is -3.03. The molecule has 8 heteroatoms. The smallest absolute Gasteiger partial charge is 0.267 e. The summed E-state index contributed by atoms with van der Waals surface area (Å²) in [5, 5.41) is 11.1. The number of nitrogens with zero attached hydrogens (tertiary/aromatic N) is 2. The molecule has 1 amide bonds. The van der Waals surface area contributed by atoms with Crippen LogP contribution in [-0.4, -0.2) is 32.1 Å². The summed E-state index contributed by atoms with van der Waals surface area (Å²) in [4.78, 5) is 17.1. The second kappa shape index (κ2) is 10.5. The largest absolute Gasteiger partial charge is 0.361 e. The van der Waals surface area contributed by atoms with Crippen molar-refractivity contribution in [3.63, 3.8) is 0 Å². The fourth-order valence-electron chi connectivity index (χ4n) is 5.28. The molecular weight excluding hydrogens is 495 g/mol. The Morgan fingerprint density at radius 1 is 1.28 bits per heavy atom. The Morgan fingerprint density at radius 3 is 2.89 bits per heavy atom. The number of fused-ring (bicyclic) bond motifs is 2. The van der Waals surface area contributed by atoms with Gasteiger partial charge >= 0.3 is 0 Å². The minimum atomic E-state index is -0.547. The van der Waals surface area contributed by atoms with Crippen molar-refractivity contribution in [3.8, 4) is 0 Å². The molecule has 4 aromatic rings. The molecule has 186 valence electrons. The van der Waals surface area contributed by atoms with E-state index >= 15 is 0 Å². The van der Waals surface area contributed by atoms with E-state index in [0.29, 0.717) is 16.6 Å². The molecule has 1 aliphatic rings. The minimum Gasteiger partial charge on any atom is -0.361 e. The van der Waals surface area contributed by atoms with Gasteiger partial charge < -0.3 is 9.55 Å². The predicted molar refractivity (Wildman–Crippen MR) is 144 cm³/mol. The summed E-state index contributed by atoms with van der Waals surface area (Å²) in [6, 6.07) is 15.0. The molecular formula is C28H28Cl2N4O2. The maximum atomic E-state index is 11.4. The highest BCUT2D eigenvalue weighted by atomic mass is 35.5. The number of para-hydroxylation sites is 1. The van der Waals surface area contributed by atoms with Crippen LogP contribution in [0.15, 0.2) is 60.9 Å². The number of carbonyl (C=O) groups is 1. The lowest BCUT2D eigenvalue weighted by molar-refractivity contribution is -0.124. The summed E-state index contributed by atoms with van der Waals surface area (Å²) in [5.41, 5.74) is 8.61. The Labute approximate surface area is 220 Å².